The first-order chi connectivity index (χ1) is 16.5. The van der Waals surface area contributed by atoms with Crippen LogP contribution in [0.1, 0.15) is 48.6 Å². The van der Waals surface area contributed by atoms with Crippen LogP contribution in [-0.4, -0.2) is 59.8 Å². The summed E-state index contributed by atoms with van der Waals surface area (Å²) in [7, 11) is 3.12. The summed E-state index contributed by atoms with van der Waals surface area (Å²) in [5.41, 5.74) is 0.759. The fourth-order valence-corrected chi connectivity index (χ4v) is 5.72. The number of hydrogen-bond acceptors (Lipinski definition) is 7. The van der Waals surface area contributed by atoms with Gasteiger partial charge in [0.2, 0.25) is 0 Å². The predicted molar refractivity (Wildman–Crippen MR) is 126 cm³/mol. The monoisotopic (exact) mass is 482 g/mol. The maximum absolute atomic E-state index is 13.5. The van der Waals surface area contributed by atoms with E-state index in [1.807, 2.05) is 29.6 Å². The van der Waals surface area contributed by atoms with Gasteiger partial charge >= 0.3 is 6.03 Å². The van der Waals surface area contributed by atoms with Crippen molar-refractivity contribution in [2.24, 2.45) is 5.10 Å². The van der Waals surface area contributed by atoms with Crippen molar-refractivity contribution in [2.75, 3.05) is 20.8 Å². The van der Waals surface area contributed by atoms with E-state index in [-0.39, 0.29) is 12.5 Å². The molecule has 1 aliphatic carbocycles. The summed E-state index contributed by atoms with van der Waals surface area (Å²) in [5, 5.41) is 10.8. The van der Waals surface area contributed by atoms with Gasteiger partial charge in [0.15, 0.2) is 11.5 Å². The maximum Gasteiger partial charge on any atom is 0.325 e. The van der Waals surface area contributed by atoms with Gasteiger partial charge in [-0.3, -0.25) is 14.5 Å². The Morgan fingerprint density at radius 3 is 2.62 bits per heavy atom. The number of nitrogens with zero attached hydrogens (tertiary/aromatic N) is 3. The van der Waals surface area contributed by atoms with Crippen molar-refractivity contribution in [1.29, 1.82) is 0 Å². The van der Waals surface area contributed by atoms with E-state index in [4.69, 9.17) is 9.47 Å². The normalized spacial score (nSPS) is 21.2. The Hall–Kier alpha value is -3.40. The molecular formula is C24H26N4O5S. The van der Waals surface area contributed by atoms with Crippen molar-refractivity contribution in [3.8, 4) is 11.5 Å². The summed E-state index contributed by atoms with van der Waals surface area (Å²) in [5.74, 6) is 0.412. The predicted octanol–water partition coefficient (Wildman–Crippen LogP) is 3.31. The van der Waals surface area contributed by atoms with Crippen LogP contribution in [-0.2, 0) is 9.59 Å². The number of benzene rings is 1. The van der Waals surface area contributed by atoms with Gasteiger partial charge in [0, 0.05) is 6.42 Å². The molecule has 1 aromatic heterocycles. The Balaban J connectivity index is 1.43. The molecule has 10 heteroatoms. The fourth-order valence-electron chi connectivity index (χ4n) is 5.00. The Bertz CT molecular complexity index is 1160. The molecule has 1 N–H and O–H groups in total. The first-order valence-corrected chi connectivity index (χ1v) is 12.1. The van der Waals surface area contributed by atoms with Gasteiger partial charge in [-0.05, 0) is 42.0 Å². The van der Waals surface area contributed by atoms with Crippen LogP contribution in [0.2, 0.25) is 0 Å². The lowest BCUT2D eigenvalue weighted by molar-refractivity contribution is -0.140. The van der Waals surface area contributed by atoms with Gasteiger partial charge in [-0.1, -0.05) is 25.0 Å². The summed E-state index contributed by atoms with van der Waals surface area (Å²) in [6, 6.07) is 8.49. The highest BCUT2D eigenvalue weighted by Gasteiger charge is 2.53. The van der Waals surface area contributed by atoms with Crippen molar-refractivity contribution in [2.45, 2.75) is 43.7 Å². The Morgan fingerprint density at radius 2 is 1.94 bits per heavy atom. The number of rotatable bonds is 6. The zero-order valence-corrected chi connectivity index (χ0v) is 19.9. The van der Waals surface area contributed by atoms with Gasteiger partial charge in [0.25, 0.3) is 11.8 Å². The Labute approximate surface area is 201 Å². The third-order valence-corrected chi connectivity index (χ3v) is 7.68. The molecule has 9 nitrogen and oxygen atoms in total. The van der Waals surface area contributed by atoms with Crippen LogP contribution in [0.15, 0.2) is 40.8 Å². The molecule has 1 saturated heterocycles. The molecule has 1 spiro atoms. The lowest BCUT2D eigenvalue weighted by atomic mass is 9.98. The molecule has 0 radical (unpaired) electrons. The van der Waals surface area contributed by atoms with Gasteiger partial charge in [0.1, 0.15) is 12.1 Å². The zero-order chi connectivity index (χ0) is 23.9. The number of amides is 4. The third kappa shape index (κ3) is 3.71. The number of thiophene rings is 1. The molecule has 34 heavy (non-hydrogen) atoms. The van der Waals surface area contributed by atoms with Crippen LogP contribution in [0, 0.1) is 0 Å². The number of hydrazone groups is 1. The topological polar surface area (TPSA) is 101 Å². The molecule has 2 aliphatic heterocycles. The number of hydrogen-bond donors (Lipinski definition) is 1. The number of carbonyl (C=O) groups is 3. The highest BCUT2D eigenvalue weighted by Crippen LogP contribution is 2.39. The van der Waals surface area contributed by atoms with E-state index >= 15 is 0 Å². The third-order valence-electron chi connectivity index (χ3n) is 6.76. The SMILES string of the molecule is COc1ccc([C@@H]2CC(c3cccs3)=NN2C(=O)CN2C(=O)NC3(CCCC3)C2=O)cc1OC. The van der Waals surface area contributed by atoms with Crippen molar-refractivity contribution >= 4 is 34.9 Å². The van der Waals surface area contributed by atoms with Crippen molar-refractivity contribution in [1.82, 2.24) is 15.2 Å². The second kappa shape index (κ2) is 8.75. The van der Waals surface area contributed by atoms with Crippen LogP contribution >= 0.6 is 11.3 Å². The summed E-state index contributed by atoms with van der Waals surface area (Å²) in [6.45, 7) is -0.350. The van der Waals surface area contributed by atoms with Crippen molar-refractivity contribution in [3.63, 3.8) is 0 Å². The second-order valence-corrected chi connectivity index (χ2v) is 9.66. The minimum absolute atomic E-state index is 0.312. The van der Waals surface area contributed by atoms with E-state index < -0.39 is 23.5 Å². The number of nitrogens with one attached hydrogen (secondary N) is 1. The van der Waals surface area contributed by atoms with Crippen LogP contribution in [0.25, 0.3) is 0 Å². The minimum Gasteiger partial charge on any atom is -0.493 e. The number of carbonyl (C=O) groups excluding carboxylic acids is 3. The lowest BCUT2D eigenvalue weighted by Gasteiger charge is -2.25. The van der Waals surface area contributed by atoms with Crippen LogP contribution in [0.5, 0.6) is 11.5 Å². The van der Waals surface area contributed by atoms with Crippen LogP contribution < -0.4 is 14.8 Å². The first-order valence-electron chi connectivity index (χ1n) is 11.3. The standard InChI is InChI=1S/C24H26N4O5S/c1-32-18-8-7-15(12-19(18)33-2)17-13-16(20-6-5-11-34-20)26-28(17)21(29)14-27-22(30)24(25-23(27)31)9-3-4-10-24/h5-8,11-12,17H,3-4,9-10,13-14H2,1-2H3,(H,25,31)/t17-/m0/s1. The number of methoxy groups -OCH3 is 2. The largest absolute Gasteiger partial charge is 0.493 e. The Morgan fingerprint density at radius 1 is 1.18 bits per heavy atom. The van der Waals surface area contributed by atoms with Crippen LogP contribution in [0.3, 0.4) is 0 Å². The highest BCUT2D eigenvalue weighted by molar-refractivity contribution is 7.12. The molecule has 178 valence electrons. The fraction of sp³-hybridized carbons (Fsp3) is 0.417. The zero-order valence-electron chi connectivity index (χ0n) is 19.1. The molecule has 5 rings (SSSR count). The van der Waals surface area contributed by atoms with E-state index in [0.717, 1.165) is 33.9 Å². The summed E-state index contributed by atoms with van der Waals surface area (Å²) in [4.78, 5) is 41.1. The van der Waals surface area contributed by atoms with E-state index in [2.05, 4.69) is 10.4 Å². The van der Waals surface area contributed by atoms with Gasteiger partial charge in [-0.15, -0.1) is 11.3 Å². The van der Waals surface area contributed by atoms with E-state index in [0.29, 0.717) is 30.8 Å². The van der Waals surface area contributed by atoms with E-state index in [1.54, 1.807) is 31.6 Å². The molecule has 2 fully saturated rings. The maximum atomic E-state index is 13.5. The average Bonchev–Trinajstić information content (AvgIpc) is 3.64. The summed E-state index contributed by atoms with van der Waals surface area (Å²) in [6.07, 6.45) is 3.50. The summed E-state index contributed by atoms with van der Waals surface area (Å²) >= 11 is 1.55. The molecule has 4 amide bonds. The van der Waals surface area contributed by atoms with Crippen LogP contribution in [0.4, 0.5) is 4.79 Å². The molecule has 2 aromatic rings. The molecule has 0 unspecified atom stereocenters. The van der Waals surface area contributed by atoms with Crippen molar-refractivity contribution < 1.29 is 23.9 Å². The number of imide groups is 1. The highest BCUT2D eigenvalue weighted by atomic mass is 32.1. The minimum atomic E-state index is -0.851. The molecule has 1 saturated carbocycles. The van der Waals surface area contributed by atoms with E-state index in [1.165, 1.54) is 5.01 Å². The van der Waals surface area contributed by atoms with Crippen molar-refractivity contribution in [3.05, 3.63) is 46.2 Å². The number of ether oxygens (including phenoxy) is 2. The molecule has 1 atom stereocenters. The Kier molecular flexibility index (Phi) is 5.76. The summed E-state index contributed by atoms with van der Waals surface area (Å²) < 4.78 is 10.8. The molecular weight excluding hydrogens is 456 g/mol. The van der Waals surface area contributed by atoms with Gasteiger partial charge in [-0.2, -0.15) is 5.10 Å². The lowest BCUT2D eigenvalue weighted by Crippen LogP contribution is -2.45. The van der Waals surface area contributed by atoms with Gasteiger partial charge in [0.05, 0.1) is 30.9 Å². The smallest absolute Gasteiger partial charge is 0.325 e. The quantitative estimate of drug-likeness (QED) is 0.637. The molecule has 3 aliphatic rings. The molecule has 1 aromatic carbocycles. The molecule has 3 heterocycles. The molecule has 0 bridgehead atoms. The average molecular weight is 483 g/mol. The number of urea groups is 1. The second-order valence-electron chi connectivity index (χ2n) is 8.71. The van der Waals surface area contributed by atoms with Gasteiger partial charge < -0.3 is 14.8 Å². The first kappa shape index (κ1) is 22.4. The van der Waals surface area contributed by atoms with Gasteiger partial charge in [-0.25, -0.2) is 9.80 Å². The van der Waals surface area contributed by atoms with E-state index in [9.17, 15) is 14.4 Å².